The zero-order chi connectivity index (χ0) is 15.7. The molecule has 112 valence electrons. The maximum absolute atomic E-state index is 13.9. The average molecular weight is 579 g/mol. The minimum atomic E-state index is -3.13. The molecule has 0 saturated heterocycles. The van der Waals surface area contributed by atoms with Crippen molar-refractivity contribution < 1.29 is 13.6 Å². The molecule has 0 saturated carbocycles. The predicted molar refractivity (Wildman–Crippen MR) is 97.3 cm³/mol. The van der Waals surface area contributed by atoms with Crippen molar-refractivity contribution in [2.75, 3.05) is 3.93 Å². The van der Waals surface area contributed by atoms with Gasteiger partial charge in [0.2, 0.25) is 2.14 Å². The van der Waals surface area contributed by atoms with E-state index in [9.17, 15) is 13.6 Å². The normalized spacial score (nSPS) is 12.4. The first-order chi connectivity index (χ1) is 8.95. The Morgan fingerprint density at radius 3 is 2.30 bits per heavy atom. The summed E-state index contributed by atoms with van der Waals surface area (Å²) in [4.78, 5) is 11.5. The molecular formula is C10H7Br4F2NOS2. The first-order valence-electron chi connectivity index (χ1n) is 4.89. The Labute approximate surface area is 158 Å². The first kappa shape index (κ1) is 19.2. The van der Waals surface area contributed by atoms with E-state index in [0.29, 0.717) is 27.9 Å². The molecule has 0 N–H and O–H groups in total. The van der Waals surface area contributed by atoms with Crippen molar-refractivity contribution in [1.29, 1.82) is 0 Å². The lowest BCUT2D eigenvalue weighted by Gasteiger charge is -2.24. The molecule has 0 radical (unpaired) electrons. The highest BCUT2D eigenvalue weighted by atomic mass is 80.0. The highest BCUT2D eigenvalue weighted by molar-refractivity contribution is 9.39. The zero-order valence-electron chi connectivity index (χ0n) is 9.71. The van der Waals surface area contributed by atoms with E-state index in [4.69, 9.17) is 0 Å². The van der Waals surface area contributed by atoms with E-state index in [2.05, 4.69) is 76.6 Å². The molecule has 1 rings (SSSR count). The van der Waals surface area contributed by atoms with Gasteiger partial charge in [-0.2, -0.15) is 8.78 Å². The van der Waals surface area contributed by atoms with Gasteiger partial charge in [0.15, 0.2) is 0 Å². The standard InChI is InChI=1S/C10H7Br4F2NOS2/c1-5-4-6(20-10(15,16)9(11,12)13)2-3-7(5)17(14)8(18)19/h2-4H,1H3,(H,18,19). The van der Waals surface area contributed by atoms with Crippen molar-refractivity contribution >= 4 is 99.3 Å². The van der Waals surface area contributed by atoms with Crippen LogP contribution in [0.25, 0.3) is 0 Å². The van der Waals surface area contributed by atoms with E-state index in [1.54, 1.807) is 19.1 Å². The molecule has 0 fully saturated rings. The van der Waals surface area contributed by atoms with Gasteiger partial charge in [-0.25, -0.2) is 3.93 Å². The lowest BCUT2D eigenvalue weighted by molar-refractivity contribution is 0.122. The number of aryl methyl sites for hydroxylation is 1. The summed E-state index contributed by atoms with van der Waals surface area (Å²) in [5.41, 5.74) is 1.20. The first-order valence-corrected chi connectivity index (χ1v) is 9.24. The van der Waals surface area contributed by atoms with Gasteiger partial charge in [0.05, 0.1) is 21.8 Å². The van der Waals surface area contributed by atoms with Crippen molar-refractivity contribution in [3.05, 3.63) is 23.8 Å². The maximum atomic E-state index is 13.9. The van der Waals surface area contributed by atoms with E-state index in [1.165, 1.54) is 6.07 Å². The van der Waals surface area contributed by atoms with Crippen molar-refractivity contribution in [3.63, 3.8) is 0 Å². The fourth-order valence-electron chi connectivity index (χ4n) is 1.22. The Morgan fingerprint density at radius 2 is 1.90 bits per heavy atom. The van der Waals surface area contributed by atoms with Crippen LogP contribution in [-0.2, 0) is 0 Å². The summed E-state index contributed by atoms with van der Waals surface area (Å²) >= 11 is 15.6. The average Bonchev–Trinajstić information content (AvgIpc) is 2.26. The Balaban J connectivity index is 3.02. The summed E-state index contributed by atoms with van der Waals surface area (Å²) in [5, 5.41) is -3.63. The summed E-state index contributed by atoms with van der Waals surface area (Å²) in [7, 11) is 0. The number of carbonyl (C=O) groups excluding carboxylic acids is 1. The Bertz CT molecular complexity index is 524. The molecule has 0 aliphatic heterocycles. The van der Waals surface area contributed by atoms with E-state index in [1.807, 2.05) is 0 Å². The van der Waals surface area contributed by atoms with Gasteiger partial charge in [-0.3, -0.25) is 4.79 Å². The molecule has 0 unspecified atom stereocenters. The van der Waals surface area contributed by atoms with Gasteiger partial charge in [0, 0.05) is 4.90 Å². The number of alkyl halides is 5. The second-order valence-corrected chi connectivity index (χ2v) is 12.7. The van der Waals surface area contributed by atoms with Crippen LogP contribution in [-0.4, -0.2) is 12.6 Å². The van der Waals surface area contributed by atoms with Crippen LogP contribution < -0.4 is 3.93 Å². The molecule has 1 amide bonds. The topological polar surface area (TPSA) is 20.3 Å². The quantitative estimate of drug-likeness (QED) is 0.187. The highest BCUT2D eigenvalue weighted by Crippen LogP contribution is 2.55. The van der Waals surface area contributed by atoms with E-state index in [-0.39, 0.29) is 0 Å². The molecular weight excluding hydrogens is 572 g/mol. The van der Waals surface area contributed by atoms with Gasteiger partial charge in [-0.15, -0.1) is 0 Å². The van der Waals surface area contributed by atoms with Crippen molar-refractivity contribution in [2.24, 2.45) is 0 Å². The van der Waals surface area contributed by atoms with E-state index < -0.39 is 12.6 Å². The molecule has 20 heavy (non-hydrogen) atoms. The number of hydrogen-bond acceptors (Lipinski definition) is 2. The molecule has 0 aliphatic rings. The van der Waals surface area contributed by atoms with Gasteiger partial charge in [0.1, 0.15) is 0 Å². The number of rotatable bonds is 3. The molecule has 0 atom stereocenters. The third kappa shape index (κ3) is 4.84. The number of anilines is 1. The Morgan fingerprint density at radius 1 is 1.35 bits per heavy atom. The van der Waals surface area contributed by atoms with Crippen molar-refractivity contribution in [1.82, 2.24) is 0 Å². The third-order valence-corrected chi connectivity index (χ3v) is 6.64. The number of nitrogens with zero attached hydrogens (tertiary/aromatic N) is 1. The van der Waals surface area contributed by atoms with Crippen molar-refractivity contribution in [3.8, 4) is 0 Å². The molecule has 2 nitrogen and oxygen atoms in total. The summed E-state index contributed by atoms with van der Waals surface area (Å²) in [6, 6.07) is 4.64. The molecule has 0 aromatic heterocycles. The molecule has 0 aliphatic carbocycles. The molecule has 1 aromatic rings. The number of amides is 1. The number of benzene rings is 1. The minimum Gasteiger partial charge on any atom is -0.261 e. The van der Waals surface area contributed by atoms with Crippen LogP contribution in [0.4, 0.5) is 19.3 Å². The summed E-state index contributed by atoms with van der Waals surface area (Å²) in [6.45, 7) is 1.71. The van der Waals surface area contributed by atoms with Crippen molar-refractivity contribution in [2.45, 2.75) is 19.2 Å². The number of thiol groups is 1. The van der Waals surface area contributed by atoms with Crippen LogP contribution in [0.5, 0.6) is 0 Å². The third-order valence-electron chi connectivity index (χ3n) is 2.12. The fraction of sp³-hybridized carbons (Fsp3) is 0.300. The second kappa shape index (κ2) is 7.16. The number of carbonyl (C=O) groups is 1. The Kier molecular flexibility index (Phi) is 6.88. The van der Waals surface area contributed by atoms with E-state index >= 15 is 0 Å². The number of halogens is 6. The lowest BCUT2D eigenvalue weighted by atomic mass is 10.2. The van der Waals surface area contributed by atoms with Crippen LogP contribution in [0.15, 0.2) is 23.1 Å². The van der Waals surface area contributed by atoms with Crippen LogP contribution >= 0.6 is 88.3 Å². The van der Waals surface area contributed by atoms with E-state index in [0.717, 1.165) is 3.93 Å². The van der Waals surface area contributed by atoms with Crippen LogP contribution in [0.2, 0.25) is 0 Å². The second-order valence-electron chi connectivity index (χ2n) is 3.63. The van der Waals surface area contributed by atoms with Gasteiger partial charge < -0.3 is 0 Å². The lowest BCUT2D eigenvalue weighted by Crippen LogP contribution is -2.27. The van der Waals surface area contributed by atoms with Crippen LogP contribution in [0.3, 0.4) is 0 Å². The Hall–Kier alpha value is 1.17. The van der Waals surface area contributed by atoms with Crippen LogP contribution in [0, 0.1) is 6.92 Å². The van der Waals surface area contributed by atoms with Gasteiger partial charge >= 0.3 is 5.25 Å². The predicted octanol–water partition coefficient (Wildman–Crippen LogP) is 6.68. The summed E-state index contributed by atoms with van der Waals surface area (Å²) < 4.78 is 27.2. The largest absolute Gasteiger partial charge is 0.332 e. The smallest absolute Gasteiger partial charge is 0.261 e. The van der Waals surface area contributed by atoms with Gasteiger partial charge in [-0.1, -0.05) is 60.4 Å². The summed E-state index contributed by atoms with van der Waals surface area (Å²) in [5.74, 6) is 0. The zero-order valence-corrected chi connectivity index (χ0v) is 17.8. The molecule has 1 aromatic carbocycles. The molecule has 10 heteroatoms. The molecule has 0 spiro atoms. The fourth-order valence-corrected chi connectivity index (χ4v) is 3.24. The summed E-state index contributed by atoms with van der Waals surface area (Å²) in [6.07, 6.45) is 0. The number of hydrogen-bond donors (Lipinski definition) is 1. The van der Waals surface area contributed by atoms with Crippen LogP contribution in [0.1, 0.15) is 5.56 Å². The SMILES string of the molecule is Cc1cc(SC(F)(F)C(Br)(Br)Br)ccc1N(Br)C(=O)S. The monoisotopic (exact) mass is 575 g/mol. The number of thioether (sulfide) groups is 1. The highest BCUT2D eigenvalue weighted by Gasteiger charge is 2.49. The molecule has 0 bridgehead atoms. The van der Waals surface area contributed by atoms with Gasteiger partial charge in [-0.05, 0) is 42.4 Å². The maximum Gasteiger partial charge on any atom is 0.332 e. The van der Waals surface area contributed by atoms with Gasteiger partial charge in [0.25, 0.3) is 5.24 Å². The minimum absolute atomic E-state index is 0.367. The molecule has 0 heterocycles.